The standard InChI is InChI=1S/C18H25N5OS/c1-12-7-9-22(10-8-12)18(24)15(4)25-17-6-5-16(19-20-17)23-14(3)11-13(2)21-23/h5-6,11-12,15H,7-10H2,1-4H3/t15-/m0/s1. The zero-order valence-corrected chi connectivity index (χ0v) is 16.1. The summed E-state index contributed by atoms with van der Waals surface area (Å²) in [4.78, 5) is 14.6. The van der Waals surface area contributed by atoms with Crippen molar-refractivity contribution in [2.24, 2.45) is 5.92 Å². The van der Waals surface area contributed by atoms with Gasteiger partial charge in [-0.25, -0.2) is 4.68 Å². The van der Waals surface area contributed by atoms with Crippen LogP contribution in [0.4, 0.5) is 0 Å². The molecule has 3 rings (SSSR count). The Morgan fingerprint density at radius 1 is 1.24 bits per heavy atom. The number of thioether (sulfide) groups is 1. The molecule has 6 nitrogen and oxygen atoms in total. The van der Waals surface area contributed by atoms with Gasteiger partial charge in [-0.05, 0) is 57.7 Å². The van der Waals surface area contributed by atoms with Crippen molar-refractivity contribution >= 4 is 17.7 Å². The smallest absolute Gasteiger partial charge is 0.235 e. The lowest BCUT2D eigenvalue weighted by molar-refractivity contribution is -0.131. The van der Waals surface area contributed by atoms with Gasteiger partial charge in [-0.2, -0.15) is 5.10 Å². The predicted molar refractivity (Wildman–Crippen MR) is 98.9 cm³/mol. The van der Waals surface area contributed by atoms with Gasteiger partial charge in [-0.1, -0.05) is 18.7 Å². The lowest BCUT2D eigenvalue weighted by Gasteiger charge is -2.31. The van der Waals surface area contributed by atoms with E-state index in [-0.39, 0.29) is 11.2 Å². The van der Waals surface area contributed by atoms with E-state index in [0.29, 0.717) is 5.82 Å². The number of aryl methyl sites for hydroxylation is 2. The van der Waals surface area contributed by atoms with E-state index in [0.717, 1.165) is 48.3 Å². The molecule has 0 unspecified atom stereocenters. The van der Waals surface area contributed by atoms with Crippen molar-refractivity contribution in [1.29, 1.82) is 0 Å². The Balaban J connectivity index is 1.63. The van der Waals surface area contributed by atoms with Crippen molar-refractivity contribution < 1.29 is 4.79 Å². The molecule has 1 atom stereocenters. The number of carbonyl (C=O) groups excluding carboxylic acids is 1. The van der Waals surface area contributed by atoms with E-state index in [2.05, 4.69) is 22.2 Å². The molecular formula is C18H25N5OS. The fourth-order valence-electron chi connectivity index (χ4n) is 3.07. The van der Waals surface area contributed by atoms with Crippen LogP contribution in [0.3, 0.4) is 0 Å². The number of rotatable bonds is 4. The van der Waals surface area contributed by atoms with Gasteiger partial charge >= 0.3 is 0 Å². The predicted octanol–water partition coefficient (Wildman–Crippen LogP) is 3.02. The van der Waals surface area contributed by atoms with E-state index in [9.17, 15) is 4.79 Å². The Bertz CT molecular complexity index is 734. The minimum Gasteiger partial charge on any atom is -0.342 e. The molecule has 0 N–H and O–H groups in total. The molecule has 0 saturated carbocycles. The zero-order chi connectivity index (χ0) is 18.0. The third-order valence-electron chi connectivity index (χ3n) is 4.59. The molecule has 134 valence electrons. The summed E-state index contributed by atoms with van der Waals surface area (Å²) in [5, 5.41) is 13.6. The Morgan fingerprint density at radius 3 is 2.52 bits per heavy atom. The highest BCUT2D eigenvalue weighted by Gasteiger charge is 2.25. The quantitative estimate of drug-likeness (QED) is 0.785. The molecule has 0 radical (unpaired) electrons. The first-order valence-corrected chi connectivity index (χ1v) is 9.65. The molecular weight excluding hydrogens is 334 g/mol. The molecule has 25 heavy (non-hydrogen) atoms. The molecule has 1 amide bonds. The van der Waals surface area contributed by atoms with Crippen LogP contribution in [0.15, 0.2) is 23.2 Å². The SMILES string of the molecule is Cc1cc(C)n(-c2ccc(S[C@@H](C)C(=O)N3CCC(C)CC3)nn2)n1. The van der Waals surface area contributed by atoms with Crippen molar-refractivity contribution in [2.45, 2.75) is 50.8 Å². The number of likely N-dealkylation sites (tertiary alicyclic amines) is 1. The second-order valence-electron chi connectivity index (χ2n) is 6.84. The van der Waals surface area contributed by atoms with Gasteiger partial charge < -0.3 is 4.90 Å². The topological polar surface area (TPSA) is 63.9 Å². The van der Waals surface area contributed by atoms with Gasteiger partial charge in [-0.3, -0.25) is 4.79 Å². The number of hydrogen-bond acceptors (Lipinski definition) is 5. The summed E-state index contributed by atoms with van der Waals surface area (Å²) < 4.78 is 1.78. The van der Waals surface area contributed by atoms with Gasteiger partial charge in [0.25, 0.3) is 0 Å². The average Bonchev–Trinajstić information content (AvgIpc) is 2.94. The van der Waals surface area contributed by atoms with Crippen LogP contribution in [-0.4, -0.2) is 49.1 Å². The van der Waals surface area contributed by atoms with Gasteiger partial charge in [0.15, 0.2) is 5.82 Å². The minimum atomic E-state index is -0.151. The van der Waals surface area contributed by atoms with Gasteiger partial charge in [-0.15, -0.1) is 10.2 Å². The maximum atomic E-state index is 12.6. The monoisotopic (exact) mass is 359 g/mol. The maximum Gasteiger partial charge on any atom is 0.235 e. The van der Waals surface area contributed by atoms with Crippen LogP contribution in [-0.2, 0) is 4.79 Å². The fraction of sp³-hybridized carbons (Fsp3) is 0.556. The van der Waals surface area contributed by atoms with Crippen molar-refractivity contribution in [3.63, 3.8) is 0 Å². The van der Waals surface area contributed by atoms with E-state index in [1.165, 1.54) is 11.8 Å². The Morgan fingerprint density at radius 2 is 1.96 bits per heavy atom. The first-order chi connectivity index (χ1) is 11.9. The maximum absolute atomic E-state index is 12.6. The molecule has 1 aliphatic rings. The molecule has 2 aromatic rings. The summed E-state index contributed by atoms with van der Waals surface area (Å²) in [6.07, 6.45) is 2.19. The Hall–Kier alpha value is -1.89. The van der Waals surface area contributed by atoms with Gasteiger partial charge in [0.2, 0.25) is 5.91 Å². The Kier molecular flexibility index (Phi) is 5.42. The van der Waals surface area contributed by atoms with E-state index in [1.54, 1.807) is 4.68 Å². The third-order valence-corrected chi connectivity index (χ3v) is 5.61. The summed E-state index contributed by atoms with van der Waals surface area (Å²) >= 11 is 1.46. The van der Waals surface area contributed by atoms with E-state index < -0.39 is 0 Å². The van der Waals surface area contributed by atoms with Gasteiger partial charge in [0.05, 0.1) is 10.9 Å². The largest absolute Gasteiger partial charge is 0.342 e. The van der Waals surface area contributed by atoms with E-state index in [4.69, 9.17) is 0 Å². The lowest BCUT2D eigenvalue weighted by Crippen LogP contribution is -2.41. The van der Waals surface area contributed by atoms with Crippen molar-refractivity contribution in [3.05, 3.63) is 29.6 Å². The average molecular weight is 359 g/mol. The Labute approximate surface area is 153 Å². The summed E-state index contributed by atoms with van der Waals surface area (Å²) in [5.74, 6) is 1.61. The number of hydrogen-bond donors (Lipinski definition) is 0. The summed E-state index contributed by atoms with van der Waals surface area (Å²) in [7, 11) is 0. The molecule has 1 aliphatic heterocycles. The van der Waals surface area contributed by atoms with Crippen molar-refractivity contribution in [2.75, 3.05) is 13.1 Å². The highest BCUT2D eigenvalue weighted by Crippen LogP contribution is 2.25. The van der Waals surface area contributed by atoms with Crippen LogP contribution in [0.5, 0.6) is 0 Å². The molecule has 0 aliphatic carbocycles. The van der Waals surface area contributed by atoms with Crippen molar-refractivity contribution in [3.8, 4) is 5.82 Å². The highest BCUT2D eigenvalue weighted by molar-refractivity contribution is 8.00. The number of aromatic nitrogens is 4. The van der Waals surface area contributed by atoms with E-state index in [1.807, 2.05) is 43.9 Å². The third kappa shape index (κ3) is 4.21. The fourth-order valence-corrected chi connectivity index (χ4v) is 3.91. The summed E-state index contributed by atoms with van der Waals surface area (Å²) in [6.45, 7) is 9.88. The molecule has 0 spiro atoms. The van der Waals surface area contributed by atoms with E-state index >= 15 is 0 Å². The molecule has 2 aromatic heterocycles. The first kappa shape index (κ1) is 17.9. The van der Waals surface area contributed by atoms with Crippen LogP contribution >= 0.6 is 11.8 Å². The van der Waals surface area contributed by atoms with Crippen molar-refractivity contribution in [1.82, 2.24) is 24.9 Å². The molecule has 1 saturated heterocycles. The normalized spacial score (nSPS) is 16.9. The van der Waals surface area contributed by atoms with Crippen LogP contribution < -0.4 is 0 Å². The molecule has 0 bridgehead atoms. The second-order valence-corrected chi connectivity index (χ2v) is 8.20. The lowest BCUT2D eigenvalue weighted by atomic mass is 9.99. The van der Waals surface area contributed by atoms with Crippen LogP contribution in [0, 0.1) is 19.8 Å². The summed E-state index contributed by atoms with van der Waals surface area (Å²) in [5.41, 5.74) is 1.97. The molecule has 7 heteroatoms. The van der Waals surface area contributed by atoms with Gasteiger partial charge in [0, 0.05) is 18.8 Å². The number of amides is 1. The number of piperidine rings is 1. The minimum absolute atomic E-state index is 0.151. The highest BCUT2D eigenvalue weighted by atomic mass is 32.2. The van der Waals surface area contributed by atoms with Crippen LogP contribution in [0.2, 0.25) is 0 Å². The summed E-state index contributed by atoms with van der Waals surface area (Å²) in [6, 6.07) is 5.81. The van der Waals surface area contributed by atoms with Crippen LogP contribution in [0.1, 0.15) is 38.1 Å². The number of carbonyl (C=O) groups is 1. The first-order valence-electron chi connectivity index (χ1n) is 8.77. The van der Waals surface area contributed by atoms with Crippen LogP contribution in [0.25, 0.3) is 5.82 Å². The zero-order valence-electron chi connectivity index (χ0n) is 15.3. The molecule has 0 aromatic carbocycles. The van der Waals surface area contributed by atoms with Gasteiger partial charge in [0.1, 0.15) is 5.03 Å². The molecule has 1 fully saturated rings. The second kappa shape index (κ2) is 7.56. The number of nitrogens with zero attached hydrogens (tertiary/aromatic N) is 5. The molecule has 3 heterocycles.